The standard InChI is InChI=1S/C14H18N2O2/c1-14(2,11-7-4-3-5-8-11)13-15-12(18-16-13)9-6-10-17/h3-5,7-8,17H,6,9-10H2,1-2H3. The Morgan fingerprint density at radius 1 is 1.22 bits per heavy atom. The molecule has 0 atom stereocenters. The zero-order valence-electron chi connectivity index (χ0n) is 10.8. The Morgan fingerprint density at radius 3 is 2.61 bits per heavy atom. The van der Waals surface area contributed by atoms with E-state index in [0.29, 0.717) is 24.6 Å². The third-order valence-corrected chi connectivity index (χ3v) is 3.07. The predicted molar refractivity (Wildman–Crippen MR) is 68.3 cm³/mol. The summed E-state index contributed by atoms with van der Waals surface area (Å²) in [6.07, 6.45) is 1.27. The van der Waals surface area contributed by atoms with E-state index in [9.17, 15) is 0 Å². The van der Waals surface area contributed by atoms with Gasteiger partial charge >= 0.3 is 0 Å². The summed E-state index contributed by atoms with van der Waals surface area (Å²) in [4.78, 5) is 4.41. The lowest BCUT2D eigenvalue weighted by Crippen LogP contribution is -2.20. The van der Waals surface area contributed by atoms with Crippen LogP contribution in [0.4, 0.5) is 0 Å². The maximum absolute atomic E-state index is 8.78. The molecule has 0 aliphatic heterocycles. The fourth-order valence-electron chi connectivity index (χ4n) is 1.82. The van der Waals surface area contributed by atoms with Crippen molar-refractivity contribution < 1.29 is 9.63 Å². The molecule has 0 aliphatic carbocycles. The summed E-state index contributed by atoms with van der Waals surface area (Å²) >= 11 is 0. The van der Waals surface area contributed by atoms with Crippen LogP contribution < -0.4 is 0 Å². The molecule has 0 bridgehead atoms. The molecular weight excluding hydrogens is 228 g/mol. The lowest BCUT2D eigenvalue weighted by molar-refractivity contribution is 0.278. The van der Waals surface area contributed by atoms with Crippen LogP contribution >= 0.6 is 0 Å². The minimum atomic E-state index is -0.276. The Kier molecular flexibility index (Phi) is 3.77. The van der Waals surface area contributed by atoms with Crippen LogP contribution in [0.5, 0.6) is 0 Å². The molecule has 4 heteroatoms. The van der Waals surface area contributed by atoms with E-state index in [1.54, 1.807) is 0 Å². The number of aliphatic hydroxyl groups excluding tert-OH is 1. The Hall–Kier alpha value is -1.68. The highest BCUT2D eigenvalue weighted by Gasteiger charge is 2.28. The van der Waals surface area contributed by atoms with Crippen LogP contribution in [0.15, 0.2) is 34.9 Å². The van der Waals surface area contributed by atoms with Crippen molar-refractivity contribution in [3.63, 3.8) is 0 Å². The van der Waals surface area contributed by atoms with Gasteiger partial charge in [0.1, 0.15) is 0 Å². The predicted octanol–water partition coefficient (Wildman–Crippen LogP) is 2.32. The molecule has 2 rings (SSSR count). The zero-order chi connectivity index (χ0) is 13.0. The van der Waals surface area contributed by atoms with Crippen LogP contribution in [-0.2, 0) is 11.8 Å². The third-order valence-electron chi connectivity index (χ3n) is 3.07. The first-order chi connectivity index (χ1) is 8.64. The smallest absolute Gasteiger partial charge is 0.226 e. The van der Waals surface area contributed by atoms with Crippen LogP contribution in [0.1, 0.15) is 37.5 Å². The van der Waals surface area contributed by atoms with Gasteiger partial charge in [-0.25, -0.2) is 0 Å². The van der Waals surface area contributed by atoms with Gasteiger partial charge in [-0.15, -0.1) is 0 Å². The highest BCUT2D eigenvalue weighted by Crippen LogP contribution is 2.28. The van der Waals surface area contributed by atoms with Crippen LogP contribution in [0.3, 0.4) is 0 Å². The summed E-state index contributed by atoms with van der Waals surface area (Å²) in [6.45, 7) is 4.28. The molecule has 4 nitrogen and oxygen atoms in total. The van der Waals surface area contributed by atoms with Crippen LogP contribution in [0.2, 0.25) is 0 Å². The molecule has 0 radical (unpaired) electrons. The molecule has 18 heavy (non-hydrogen) atoms. The minimum Gasteiger partial charge on any atom is -0.396 e. The first-order valence-corrected chi connectivity index (χ1v) is 6.14. The van der Waals surface area contributed by atoms with Crippen molar-refractivity contribution in [2.45, 2.75) is 32.1 Å². The normalized spacial score (nSPS) is 11.7. The number of benzene rings is 1. The van der Waals surface area contributed by atoms with Gasteiger partial charge in [0.2, 0.25) is 5.89 Å². The van der Waals surface area contributed by atoms with Crippen molar-refractivity contribution in [3.05, 3.63) is 47.6 Å². The first kappa shape index (κ1) is 12.8. The molecule has 1 heterocycles. The molecule has 0 saturated carbocycles. The van der Waals surface area contributed by atoms with Crippen molar-refractivity contribution in [2.75, 3.05) is 6.61 Å². The summed E-state index contributed by atoms with van der Waals surface area (Å²) in [6, 6.07) is 10.1. The van der Waals surface area contributed by atoms with Crippen LogP contribution in [0.25, 0.3) is 0 Å². The van der Waals surface area contributed by atoms with Crippen LogP contribution in [0, 0.1) is 0 Å². The number of aromatic nitrogens is 2. The van der Waals surface area contributed by atoms with Crippen molar-refractivity contribution >= 4 is 0 Å². The van der Waals surface area contributed by atoms with Crippen LogP contribution in [-0.4, -0.2) is 21.9 Å². The van der Waals surface area contributed by atoms with Gasteiger partial charge < -0.3 is 9.63 Å². The molecule has 0 amide bonds. The molecule has 2 aromatic rings. The van der Waals surface area contributed by atoms with Gasteiger partial charge in [0.25, 0.3) is 0 Å². The van der Waals surface area contributed by atoms with Gasteiger partial charge in [-0.1, -0.05) is 35.5 Å². The molecular formula is C14H18N2O2. The van der Waals surface area contributed by atoms with E-state index in [1.807, 2.05) is 18.2 Å². The fraction of sp³-hybridized carbons (Fsp3) is 0.429. The summed E-state index contributed by atoms with van der Waals surface area (Å²) < 4.78 is 5.20. The SMILES string of the molecule is CC(C)(c1ccccc1)c1noc(CCCO)n1. The Balaban J connectivity index is 2.22. The molecule has 1 N–H and O–H groups in total. The quantitative estimate of drug-likeness (QED) is 0.879. The summed E-state index contributed by atoms with van der Waals surface area (Å²) in [5.74, 6) is 1.27. The second-order valence-corrected chi connectivity index (χ2v) is 4.83. The second kappa shape index (κ2) is 5.31. The maximum atomic E-state index is 8.78. The summed E-state index contributed by atoms with van der Waals surface area (Å²) in [5.41, 5.74) is 0.877. The number of aliphatic hydroxyl groups is 1. The van der Waals surface area contributed by atoms with Gasteiger partial charge in [-0.05, 0) is 25.8 Å². The third kappa shape index (κ3) is 2.59. The number of nitrogens with zero attached hydrogens (tertiary/aromatic N) is 2. The van der Waals surface area contributed by atoms with E-state index in [0.717, 1.165) is 5.56 Å². The molecule has 1 aromatic carbocycles. The van der Waals surface area contributed by atoms with Crippen molar-refractivity contribution in [3.8, 4) is 0 Å². The average molecular weight is 246 g/mol. The van der Waals surface area contributed by atoms with Gasteiger partial charge in [-0.3, -0.25) is 0 Å². The van der Waals surface area contributed by atoms with Crippen molar-refractivity contribution in [2.24, 2.45) is 0 Å². The number of aryl methyl sites for hydroxylation is 1. The number of hydrogen-bond acceptors (Lipinski definition) is 4. The molecule has 1 aromatic heterocycles. The Morgan fingerprint density at radius 2 is 1.94 bits per heavy atom. The van der Waals surface area contributed by atoms with E-state index >= 15 is 0 Å². The molecule has 0 spiro atoms. The van der Waals surface area contributed by atoms with Crippen molar-refractivity contribution in [1.82, 2.24) is 10.1 Å². The highest BCUT2D eigenvalue weighted by molar-refractivity contribution is 5.30. The Labute approximate surface area is 107 Å². The fourth-order valence-corrected chi connectivity index (χ4v) is 1.82. The van der Waals surface area contributed by atoms with E-state index < -0.39 is 0 Å². The average Bonchev–Trinajstić information content (AvgIpc) is 2.87. The lowest BCUT2D eigenvalue weighted by atomic mass is 9.84. The molecule has 0 unspecified atom stereocenters. The maximum Gasteiger partial charge on any atom is 0.226 e. The zero-order valence-corrected chi connectivity index (χ0v) is 10.8. The monoisotopic (exact) mass is 246 g/mol. The Bertz CT molecular complexity index is 492. The lowest BCUT2D eigenvalue weighted by Gasteiger charge is -2.20. The van der Waals surface area contributed by atoms with Gasteiger partial charge in [-0.2, -0.15) is 4.98 Å². The van der Waals surface area contributed by atoms with Crippen molar-refractivity contribution in [1.29, 1.82) is 0 Å². The first-order valence-electron chi connectivity index (χ1n) is 6.14. The molecule has 0 fully saturated rings. The molecule has 96 valence electrons. The largest absolute Gasteiger partial charge is 0.396 e. The number of hydrogen-bond donors (Lipinski definition) is 1. The minimum absolute atomic E-state index is 0.139. The summed E-state index contributed by atoms with van der Waals surface area (Å²) in [7, 11) is 0. The number of rotatable bonds is 5. The van der Waals surface area contributed by atoms with E-state index in [1.165, 1.54) is 0 Å². The van der Waals surface area contributed by atoms with Gasteiger partial charge in [0.15, 0.2) is 5.82 Å². The van der Waals surface area contributed by atoms with E-state index in [-0.39, 0.29) is 12.0 Å². The van der Waals surface area contributed by atoms with Gasteiger partial charge in [0, 0.05) is 13.0 Å². The second-order valence-electron chi connectivity index (χ2n) is 4.83. The topological polar surface area (TPSA) is 59.2 Å². The van der Waals surface area contributed by atoms with Gasteiger partial charge in [0.05, 0.1) is 5.41 Å². The molecule has 0 aliphatic rings. The molecule has 0 saturated heterocycles. The van der Waals surface area contributed by atoms with E-state index in [4.69, 9.17) is 9.63 Å². The highest BCUT2D eigenvalue weighted by atomic mass is 16.5. The summed E-state index contributed by atoms with van der Waals surface area (Å²) in [5, 5.41) is 12.8. The van der Waals surface area contributed by atoms with E-state index in [2.05, 4.69) is 36.1 Å².